The average Bonchev–Trinajstić information content (AvgIpc) is 2.94. The smallest absolute Gasteiger partial charge is 0.316 e. The Hall–Kier alpha value is -2.28. The Morgan fingerprint density at radius 2 is 2.17 bits per heavy atom. The predicted octanol–water partition coefficient (Wildman–Crippen LogP) is 2.62. The van der Waals surface area contributed by atoms with Crippen molar-refractivity contribution in [3.63, 3.8) is 0 Å². The van der Waals surface area contributed by atoms with Crippen LogP contribution in [-0.2, 0) is 22.7 Å². The van der Waals surface area contributed by atoms with Crippen molar-refractivity contribution >= 4 is 17.7 Å². The number of hydrogen-bond acceptors (Lipinski definition) is 6. The molecule has 0 fully saturated rings. The van der Waals surface area contributed by atoms with Crippen molar-refractivity contribution in [1.29, 1.82) is 0 Å². The van der Waals surface area contributed by atoms with Gasteiger partial charge >= 0.3 is 5.97 Å². The number of nitrogens with zero attached hydrogens (tertiary/aromatic N) is 3. The van der Waals surface area contributed by atoms with Crippen LogP contribution in [0.25, 0.3) is 0 Å². The second-order valence-corrected chi connectivity index (χ2v) is 5.66. The molecular formula is C16H19N3O3S. The molecule has 2 rings (SSSR count). The highest BCUT2D eigenvalue weighted by Crippen LogP contribution is 2.20. The van der Waals surface area contributed by atoms with E-state index in [-0.39, 0.29) is 11.7 Å². The number of allylic oxidation sites excluding steroid dienone is 1. The summed E-state index contributed by atoms with van der Waals surface area (Å²) in [5.74, 6) is 1.37. The van der Waals surface area contributed by atoms with Crippen LogP contribution in [0.3, 0.4) is 0 Å². The van der Waals surface area contributed by atoms with Crippen LogP contribution in [-0.4, -0.2) is 33.6 Å². The molecule has 2 aromatic rings. The standard InChI is InChI=1S/C16H19N3O3S/c1-4-9-19-14(10-22-13-8-6-5-7-12(13)2)17-18-16(19)23-11-15(20)21-3/h4-8H,1,9-11H2,2-3H3. The zero-order valence-electron chi connectivity index (χ0n) is 13.2. The van der Waals surface area contributed by atoms with Crippen LogP contribution in [0.2, 0.25) is 0 Å². The van der Waals surface area contributed by atoms with E-state index in [1.165, 1.54) is 18.9 Å². The first kappa shape index (κ1) is 17.1. The highest BCUT2D eigenvalue weighted by atomic mass is 32.2. The minimum atomic E-state index is -0.305. The number of methoxy groups -OCH3 is 1. The second-order valence-electron chi connectivity index (χ2n) is 4.72. The number of hydrogen-bond donors (Lipinski definition) is 0. The van der Waals surface area contributed by atoms with Crippen molar-refractivity contribution in [2.45, 2.75) is 25.2 Å². The molecule has 122 valence electrons. The lowest BCUT2D eigenvalue weighted by Crippen LogP contribution is -2.09. The maximum absolute atomic E-state index is 11.3. The van der Waals surface area contributed by atoms with Crippen molar-refractivity contribution in [1.82, 2.24) is 14.8 Å². The van der Waals surface area contributed by atoms with Gasteiger partial charge in [-0.25, -0.2) is 0 Å². The fourth-order valence-corrected chi connectivity index (χ4v) is 2.69. The average molecular weight is 333 g/mol. The van der Waals surface area contributed by atoms with Crippen molar-refractivity contribution in [3.8, 4) is 5.75 Å². The fourth-order valence-electron chi connectivity index (χ4n) is 1.89. The van der Waals surface area contributed by atoms with E-state index in [1.807, 2.05) is 35.8 Å². The molecule has 0 atom stereocenters. The Bertz CT molecular complexity index is 685. The Morgan fingerprint density at radius 3 is 2.87 bits per heavy atom. The number of rotatable bonds is 8. The number of aryl methyl sites for hydroxylation is 1. The lowest BCUT2D eigenvalue weighted by molar-refractivity contribution is -0.137. The summed E-state index contributed by atoms with van der Waals surface area (Å²) >= 11 is 1.28. The molecule has 6 nitrogen and oxygen atoms in total. The van der Waals surface area contributed by atoms with E-state index in [2.05, 4.69) is 21.5 Å². The molecule has 7 heteroatoms. The molecule has 23 heavy (non-hydrogen) atoms. The second kappa shape index (κ2) is 8.38. The molecule has 1 heterocycles. The van der Waals surface area contributed by atoms with Gasteiger partial charge in [0.15, 0.2) is 11.0 Å². The third-order valence-electron chi connectivity index (χ3n) is 3.10. The zero-order chi connectivity index (χ0) is 16.7. The summed E-state index contributed by atoms with van der Waals surface area (Å²) in [4.78, 5) is 11.3. The van der Waals surface area contributed by atoms with Crippen molar-refractivity contribution in [2.24, 2.45) is 0 Å². The zero-order valence-corrected chi connectivity index (χ0v) is 14.0. The topological polar surface area (TPSA) is 66.2 Å². The Morgan fingerprint density at radius 1 is 1.39 bits per heavy atom. The molecule has 0 N–H and O–H groups in total. The molecule has 0 saturated carbocycles. The van der Waals surface area contributed by atoms with Gasteiger partial charge in [0, 0.05) is 6.54 Å². The van der Waals surface area contributed by atoms with Crippen LogP contribution in [0.15, 0.2) is 42.1 Å². The monoisotopic (exact) mass is 333 g/mol. The molecule has 1 aromatic carbocycles. The number of carbonyl (C=O) groups excluding carboxylic acids is 1. The van der Waals surface area contributed by atoms with Gasteiger partial charge < -0.3 is 9.47 Å². The number of para-hydroxylation sites is 1. The van der Waals surface area contributed by atoms with Gasteiger partial charge in [-0.2, -0.15) is 0 Å². The van der Waals surface area contributed by atoms with Crippen molar-refractivity contribution in [3.05, 3.63) is 48.3 Å². The lowest BCUT2D eigenvalue weighted by Gasteiger charge is -2.10. The number of esters is 1. The van der Waals surface area contributed by atoms with Crippen molar-refractivity contribution < 1.29 is 14.3 Å². The molecule has 0 saturated heterocycles. The molecule has 0 aliphatic rings. The highest BCUT2D eigenvalue weighted by Gasteiger charge is 2.14. The molecule has 0 aliphatic carbocycles. The van der Waals surface area contributed by atoms with Crippen LogP contribution in [0.4, 0.5) is 0 Å². The van der Waals surface area contributed by atoms with E-state index in [1.54, 1.807) is 6.08 Å². The Labute approximate surface area is 139 Å². The fraction of sp³-hybridized carbons (Fsp3) is 0.312. The van der Waals surface area contributed by atoms with Gasteiger partial charge in [0.05, 0.1) is 12.9 Å². The van der Waals surface area contributed by atoms with Gasteiger partial charge in [-0.15, -0.1) is 16.8 Å². The molecule has 0 spiro atoms. The van der Waals surface area contributed by atoms with E-state index in [0.717, 1.165) is 11.3 Å². The summed E-state index contributed by atoms with van der Waals surface area (Å²) in [6, 6.07) is 7.79. The van der Waals surface area contributed by atoms with Gasteiger partial charge in [-0.1, -0.05) is 36.0 Å². The summed E-state index contributed by atoms with van der Waals surface area (Å²) in [6.45, 7) is 6.57. The summed E-state index contributed by atoms with van der Waals surface area (Å²) < 4.78 is 12.3. The molecule has 0 amide bonds. The van der Waals surface area contributed by atoms with E-state index in [4.69, 9.17) is 4.74 Å². The summed E-state index contributed by atoms with van der Waals surface area (Å²) in [6.07, 6.45) is 1.75. The number of benzene rings is 1. The predicted molar refractivity (Wildman–Crippen MR) is 88.5 cm³/mol. The number of aromatic nitrogens is 3. The van der Waals surface area contributed by atoms with Crippen LogP contribution in [0.1, 0.15) is 11.4 Å². The minimum absolute atomic E-state index is 0.185. The van der Waals surface area contributed by atoms with Crippen LogP contribution in [0.5, 0.6) is 5.75 Å². The molecule has 0 radical (unpaired) electrons. The normalized spacial score (nSPS) is 10.3. The maximum Gasteiger partial charge on any atom is 0.316 e. The van der Waals surface area contributed by atoms with Crippen molar-refractivity contribution in [2.75, 3.05) is 12.9 Å². The summed E-state index contributed by atoms with van der Waals surface area (Å²) in [7, 11) is 1.36. The third-order valence-corrected chi connectivity index (χ3v) is 4.04. The number of ether oxygens (including phenoxy) is 2. The molecule has 0 bridgehead atoms. The van der Waals surface area contributed by atoms with E-state index in [9.17, 15) is 4.79 Å². The number of carbonyl (C=O) groups is 1. The lowest BCUT2D eigenvalue weighted by atomic mass is 10.2. The van der Waals surface area contributed by atoms with Gasteiger partial charge in [0.1, 0.15) is 12.4 Å². The van der Waals surface area contributed by atoms with Crippen LogP contribution < -0.4 is 4.74 Å². The van der Waals surface area contributed by atoms with Crippen LogP contribution >= 0.6 is 11.8 Å². The van der Waals surface area contributed by atoms with E-state index in [0.29, 0.717) is 24.1 Å². The quantitative estimate of drug-likeness (QED) is 0.420. The SMILES string of the molecule is C=CCn1c(COc2ccccc2C)nnc1SCC(=O)OC. The van der Waals surface area contributed by atoms with E-state index >= 15 is 0 Å². The highest BCUT2D eigenvalue weighted by molar-refractivity contribution is 7.99. The number of thioether (sulfide) groups is 1. The molecular weight excluding hydrogens is 314 g/mol. The Balaban J connectivity index is 2.09. The van der Waals surface area contributed by atoms with Gasteiger partial charge in [-0.3, -0.25) is 9.36 Å². The van der Waals surface area contributed by atoms with Crippen LogP contribution in [0, 0.1) is 6.92 Å². The first-order chi connectivity index (χ1) is 11.2. The molecule has 1 aromatic heterocycles. The third kappa shape index (κ3) is 4.59. The summed E-state index contributed by atoms with van der Waals surface area (Å²) in [5, 5.41) is 8.90. The first-order valence-electron chi connectivity index (χ1n) is 7.06. The van der Waals surface area contributed by atoms with Gasteiger partial charge in [-0.05, 0) is 18.6 Å². The maximum atomic E-state index is 11.3. The van der Waals surface area contributed by atoms with E-state index < -0.39 is 0 Å². The van der Waals surface area contributed by atoms with Gasteiger partial charge in [0.2, 0.25) is 0 Å². The first-order valence-corrected chi connectivity index (χ1v) is 8.05. The molecule has 0 aliphatic heterocycles. The summed E-state index contributed by atoms with van der Waals surface area (Å²) in [5.41, 5.74) is 1.06. The molecule has 0 unspecified atom stereocenters. The minimum Gasteiger partial charge on any atom is -0.485 e. The largest absolute Gasteiger partial charge is 0.485 e. The van der Waals surface area contributed by atoms with Gasteiger partial charge in [0.25, 0.3) is 0 Å². The Kier molecular flexibility index (Phi) is 6.22.